The molecular weight excluding hydrogens is 1710 g/mol. The maximum absolute atomic E-state index is 2.44. The lowest BCUT2D eigenvalue weighted by Crippen LogP contribution is -2.17. The summed E-state index contributed by atoms with van der Waals surface area (Å²) in [6, 6.07) is 194. The van der Waals surface area contributed by atoms with E-state index in [9.17, 15) is 0 Å². The maximum atomic E-state index is 2.44. The Bertz CT molecular complexity index is 9040. The number of fused-ring (bicyclic) bond motifs is 16. The number of aromatic nitrogens is 4. The summed E-state index contributed by atoms with van der Waals surface area (Å²) in [6.45, 7) is 4.77. The minimum Gasteiger partial charge on any atom is -0.310 e. The minimum absolute atomic E-state index is 0.271. The Kier molecular flexibility index (Phi) is 20.5. The third-order valence-electron chi connectivity index (χ3n) is 28.8. The van der Waals surface area contributed by atoms with E-state index in [0.717, 1.165) is 107 Å². The van der Waals surface area contributed by atoms with Crippen molar-refractivity contribution in [1.29, 1.82) is 0 Å². The van der Waals surface area contributed by atoms with E-state index in [1.165, 1.54) is 126 Å². The van der Waals surface area contributed by atoms with Crippen molar-refractivity contribution >= 4 is 166 Å². The summed E-state index contributed by atoms with van der Waals surface area (Å²) in [5.74, 6) is 0. The molecule has 26 aromatic rings. The van der Waals surface area contributed by atoms with Gasteiger partial charge in [-0.15, -0.1) is 0 Å². The predicted octanol–water partition coefficient (Wildman–Crippen LogP) is 36.4. The van der Waals surface area contributed by atoms with E-state index in [-0.39, 0.29) is 5.41 Å². The molecule has 0 N–H and O–H groups in total. The van der Waals surface area contributed by atoms with Gasteiger partial charge in [0.2, 0.25) is 0 Å². The van der Waals surface area contributed by atoms with Crippen LogP contribution in [-0.2, 0) is 5.41 Å². The highest BCUT2D eigenvalue weighted by molar-refractivity contribution is 6.15. The molecule has 141 heavy (non-hydrogen) atoms. The van der Waals surface area contributed by atoms with Crippen molar-refractivity contribution in [1.82, 2.24) is 18.3 Å². The van der Waals surface area contributed by atoms with Gasteiger partial charge in [-0.25, -0.2) is 0 Å². The Morgan fingerprint density at radius 1 is 0.149 bits per heavy atom. The van der Waals surface area contributed by atoms with E-state index in [1.807, 2.05) is 0 Å². The molecule has 0 aliphatic heterocycles. The number of hydrogen-bond acceptors (Lipinski definition) is 4. The van der Waals surface area contributed by atoms with Gasteiger partial charge in [0.1, 0.15) is 0 Å². The van der Waals surface area contributed by atoms with Crippen molar-refractivity contribution in [2.75, 3.05) is 19.6 Å². The fraction of sp³-hybridized carbons (Fsp3) is 0.0226. The molecule has 27 rings (SSSR count). The summed E-state index contributed by atoms with van der Waals surface area (Å²) < 4.78 is 9.55. The number of para-hydroxylation sites is 12. The smallest absolute Gasteiger partial charge is 0.0547 e. The first kappa shape index (κ1) is 83.1. The average molecular weight is 1800 g/mol. The van der Waals surface area contributed by atoms with E-state index < -0.39 is 0 Å². The molecule has 0 bridgehead atoms. The van der Waals surface area contributed by atoms with Gasteiger partial charge in [-0.2, -0.15) is 0 Å². The first-order valence-corrected chi connectivity index (χ1v) is 48.5. The molecule has 0 saturated heterocycles. The molecule has 1 aliphatic carbocycles. The summed E-state index contributed by atoms with van der Waals surface area (Å²) in [5.41, 5.74) is 37.0. The number of nitrogens with zero attached hydrogens (tertiary/aromatic N) is 8. The predicted molar refractivity (Wildman–Crippen MR) is 595 cm³/mol. The van der Waals surface area contributed by atoms with Crippen LogP contribution in [0.1, 0.15) is 25.0 Å². The second kappa shape index (κ2) is 34.7. The lowest BCUT2D eigenvalue weighted by Gasteiger charge is -2.30. The Balaban J connectivity index is 0.000000145. The van der Waals surface area contributed by atoms with Crippen LogP contribution in [0.4, 0.5) is 68.2 Å². The molecule has 0 saturated carbocycles. The molecule has 8 heteroatoms. The summed E-state index contributed by atoms with van der Waals surface area (Å²) in [5, 5.41) is 12.3. The minimum atomic E-state index is -0.271. The molecule has 4 heterocycles. The van der Waals surface area contributed by atoms with Crippen LogP contribution in [0.25, 0.3) is 154 Å². The normalized spacial score (nSPS) is 12.1. The average Bonchev–Trinajstić information content (AvgIpc) is 1.59. The van der Waals surface area contributed by atoms with Crippen LogP contribution in [0, 0.1) is 0 Å². The first-order chi connectivity index (χ1) is 69.7. The zero-order valence-corrected chi connectivity index (χ0v) is 77.9. The maximum Gasteiger partial charge on any atom is 0.0547 e. The van der Waals surface area contributed by atoms with Crippen LogP contribution in [0.5, 0.6) is 0 Å². The second-order valence-electron chi connectivity index (χ2n) is 37.1. The van der Waals surface area contributed by atoms with Crippen molar-refractivity contribution in [2.24, 2.45) is 0 Å². The zero-order valence-electron chi connectivity index (χ0n) is 77.9. The Hall–Kier alpha value is -18.5. The van der Waals surface area contributed by atoms with Gasteiger partial charge < -0.3 is 37.9 Å². The summed E-state index contributed by atoms with van der Waals surface area (Å²) in [4.78, 5) is 9.56. The summed E-state index contributed by atoms with van der Waals surface area (Å²) in [7, 11) is 0. The van der Waals surface area contributed by atoms with Gasteiger partial charge in [0.05, 0.1) is 55.5 Å². The third kappa shape index (κ3) is 14.4. The number of benzene rings is 22. The van der Waals surface area contributed by atoms with Gasteiger partial charge in [-0.1, -0.05) is 317 Å². The van der Waals surface area contributed by atoms with E-state index >= 15 is 0 Å². The molecule has 22 aromatic carbocycles. The molecule has 0 atom stereocenters. The Labute approximate surface area is 818 Å². The van der Waals surface area contributed by atoms with Crippen molar-refractivity contribution in [2.45, 2.75) is 19.3 Å². The van der Waals surface area contributed by atoms with Crippen LogP contribution in [0.15, 0.2) is 534 Å². The molecule has 0 unspecified atom stereocenters. The van der Waals surface area contributed by atoms with E-state index in [2.05, 4.69) is 586 Å². The fourth-order valence-electron chi connectivity index (χ4n) is 22.2. The molecule has 8 nitrogen and oxygen atoms in total. The van der Waals surface area contributed by atoms with Crippen LogP contribution < -0.4 is 19.6 Å². The quantitative estimate of drug-likeness (QED) is 0.0857. The van der Waals surface area contributed by atoms with Crippen LogP contribution in [0.2, 0.25) is 0 Å². The van der Waals surface area contributed by atoms with E-state index in [0.29, 0.717) is 0 Å². The number of hydrogen-bond donors (Lipinski definition) is 0. The van der Waals surface area contributed by atoms with Crippen LogP contribution in [-0.4, -0.2) is 18.3 Å². The van der Waals surface area contributed by atoms with Gasteiger partial charge in [0.25, 0.3) is 0 Å². The Morgan fingerprint density at radius 3 is 0.667 bits per heavy atom. The van der Waals surface area contributed by atoms with Crippen molar-refractivity contribution in [3.05, 3.63) is 545 Å². The summed E-state index contributed by atoms with van der Waals surface area (Å²) in [6.07, 6.45) is 0. The van der Waals surface area contributed by atoms with Crippen molar-refractivity contribution in [3.8, 4) is 56.1 Å². The highest BCUT2D eigenvalue weighted by Gasteiger charge is 2.38. The molecule has 0 spiro atoms. The zero-order chi connectivity index (χ0) is 93.6. The molecule has 0 amide bonds. The molecule has 666 valence electrons. The topological polar surface area (TPSA) is 32.7 Å². The monoisotopic (exact) mass is 1800 g/mol. The van der Waals surface area contributed by atoms with Gasteiger partial charge in [0.15, 0.2) is 0 Å². The molecule has 0 radical (unpaired) electrons. The molecular formula is C133H94N8. The first-order valence-electron chi connectivity index (χ1n) is 48.5. The lowest BCUT2D eigenvalue weighted by atomic mass is 9.82. The molecule has 1 aliphatic rings. The molecule has 0 fully saturated rings. The van der Waals surface area contributed by atoms with Gasteiger partial charge in [-0.3, -0.25) is 0 Å². The third-order valence-corrected chi connectivity index (χ3v) is 28.8. The lowest BCUT2D eigenvalue weighted by molar-refractivity contribution is 0.660. The van der Waals surface area contributed by atoms with Crippen LogP contribution >= 0.6 is 0 Å². The fourth-order valence-corrected chi connectivity index (χ4v) is 22.2. The van der Waals surface area contributed by atoms with Crippen molar-refractivity contribution < 1.29 is 0 Å². The van der Waals surface area contributed by atoms with Gasteiger partial charge >= 0.3 is 0 Å². The Morgan fingerprint density at radius 2 is 0.362 bits per heavy atom. The van der Waals surface area contributed by atoms with Crippen LogP contribution in [0.3, 0.4) is 0 Å². The van der Waals surface area contributed by atoms with Crippen molar-refractivity contribution in [3.63, 3.8) is 0 Å². The second-order valence-corrected chi connectivity index (χ2v) is 37.1. The van der Waals surface area contributed by atoms with Gasteiger partial charge in [0, 0.05) is 139 Å². The number of rotatable bonds is 18. The number of anilines is 12. The standard InChI is InChI=1S/C69H50N4.C64H44N4/c1-69(2)63-45-55(70(49-18-6-3-7-19-49)50-20-8-4-9-21-50)39-42-57(63)58-43-40-56(46-64(58)69)71(53-35-37-54(38-36-53)72-65-27-15-12-24-59(65)60-25-13-16-28-66(60)72)52-33-30-47(31-34-52)48-32-41-62-61-26-14-17-29-67(61)73(68(62)44-48)51-22-10-5-11-23-51;1-4-18-47(19-5-1)65(48-20-6-2-7-21-48)62-42-43-63(56-25-11-10-24-55(56)62)66(51-37-39-52(40-38-51)67-59-29-15-12-26-53(59)54-27-13-16-30-60(54)67)50-35-32-45(33-36-50)46-34-41-58-57-28-14-17-31-61(57)68(64(58)44-46)49-22-8-3-9-23-49/h3-46H,1-2H3;1-44H. The van der Waals surface area contributed by atoms with E-state index in [4.69, 9.17) is 0 Å². The SMILES string of the molecule is CC1(C)c2cc(N(c3ccccc3)c3ccccc3)ccc2-c2ccc(N(c3ccc(-c4ccc5c6ccccc6n(-c6ccccc6)c5c4)cc3)c3ccc(-n4c5ccccc5c5ccccc54)cc3)cc21.c1ccc(N(c2ccccc2)c2ccc(N(c3ccc(-c4ccc5c6ccccc6n(-c6ccccc6)c5c4)cc3)c3ccc(-n4c5ccccc5c5ccccc54)cc3)c3ccccc23)cc1. The van der Waals surface area contributed by atoms with E-state index in [1.54, 1.807) is 0 Å². The van der Waals surface area contributed by atoms with Gasteiger partial charge in [-0.05, 0) is 275 Å². The highest BCUT2D eigenvalue weighted by Crippen LogP contribution is 2.55. The molecule has 4 aromatic heterocycles. The largest absolute Gasteiger partial charge is 0.310 e. The summed E-state index contributed by atoms with van der Waals surface area (Å²) >= 11 is 0. The highest BCUT2D eigenvalue weighted by atomic mass is 15.2.